The number of allylic oxidation sites excluding steroid dienone is 1. The number of carbonyl (C=O) groups excluding carboxylic acids is 1. The summed E-state index contributed by atoms with van der Waals surface area (Å²) in [5, 5.41) is 4.10. The number of hydrogen-bond donors (Lipinski definition) is 0. The SMILES string of the molecule is CCn1cc(C(=O)/C=C/c2ccc(OC)c(COc3ccc(F)c(Cl)c3)c2)cn1. The highest BCUT2D eigenvalue weighted by Crippen LogP contribution is 2.25. The van der Waals surface area contributed by atoms with Gasteiger partial charge in [-0.2, -0.15) is 5.10 Å². The summed E-state index contributed by atoms with van der Waals surface area (Å²) >= 11 is 5.78. The maximum atomic E-state index is 13.3. The molecule has 0 bridgehead atoms. The molecule has 3 aromatic rings. The third-order valence-electron chi connectivity index (χ3n) is 4.26. The van der Waals surface area contributed by atoms with E-state index >= 15 is 0 Å². The van der Waals surface area contributed by atoms with E-state index in [2.05, 4.69) is 5.10 Å². The molecule has 0 N–H and O–H groups in total. The Bertz CT molecular complexity index is 1050. The number of aromatic nitrogens is 2. The zero-order chi connectivity index (χ0) is 20.8. The van der Waals surface area contributed by atoms with Crippen molar-refractivity contribution in [1.82, 2.24) is 9.78 Å². The molecule has 0 amide bonds. The normalized spacial score (nSPS) is 11.0. The van der Waals surface area contributed by atoms with Crippen LogP contribution in [-0.2, 0) is 13.2 Å². The van der Waals surface area contributed by atoms with Crippen molar-refractivity contribution in [2.75, 3.05) is 7.11 Å². The molecule has 0 spiro atoms. The Kier molecular flexibility index (Phi) is 6.67. The average Bonchev–Trinajstić information content (AvgIpc) is 3.22. The van der Waals surface area contributed by atoms with Crippen molar-refractivity contribution in [3.05, 3.63) is 82.4 Å². The Balaban J connectivity index is 1.73. The Morgan fingerprint density at radius 2 is 2.10 bits per heavy atom. The zero-order valence-electron chi connectivity index (χ0n) is 16.1. The highest BCUT2D eigenvalue weighted by molar-refractivity contribution is 6.30. The van der Waals surface area contributed by atoms with Gasteiger partial charge in [0.05, 0.1) is 23.9 Å². The number of aryl methyl sites for hydroxylation is 1. The van der Waals surface area contributed by atoms with Crippen LogP contribution >= 0.6 is 11.6 Å². The molecule has 150 valence electrons. The van der Waals surface area contributed by atoms with E-state index in [1.165, 1.54) is 24.3 Å². The highest BCUT2D eigenvalue weighted by atomic mass is 35.5. The molecule has 1 aromatic heterocycles. The smallest absolute Gasteiger partial charge is 0.189 e. The largest absolute Gasteiger partial charge is 0.496 e. The van der Waals surface area contributed by atoms with Gasteiger partial charge in [-0.25, -0.2) is 4.39 Å². The molecule has 1 heterocycles. The Morgan fingerprint density at radius 1 is 1.28 bits per heavy atom. The summed E-state index contributed by atoms with van der Waals surface area (Å²) < 4.78 is 26.1. The summed E-state index contributed by atoms with van der Waals surface area (Å²) in [5.74, 6) is 0.463. The second-order valence-corrected chi connectivity index (χ2v) is 6.63. The van der Waals surface area contributed by atoms with E-state index in [-0.39, 0.29) is 17.4 Å². The molecular formula is C22H20ClFN2O3. The standard InChI is InChI=1S/C22H20ClFN2O3/c1-3-26-13-17(12-25-26)21(27)8-4-15-5-9-22(28-2)16(10-15)14-29-18-6-7-20(24)19(23)11-18/h4-13H,3,14H2,1-2H3/b8-4+. The number of ether oxygens (including phenoxy) is 2. The summed E-state index contributed by atoms with van der Waals surface area (Å²) in [4.78, 5) is 12.3. The predicted molar refractivity (Wildman–Crippen MR) is 110 cm³/mol. The van der Waals surface area contributed by atoms with Crippen LogP contribution in [0.3, 0.4) is 0 Å². The lowest BCUT2D eigenvalue weighted by molar-refractivity contribution is 0.104. The Labute approximate surface area is 173 Å². The molecule has 0 unspecified atom stereocenters. The molecule has 0 saturated heterocycles. The first kappa shape index (κ1) is 20.6. The molecule has 0 saturated carbocycles. The molecule has 5 nitrogen and oxygen atoms in total. The first-order chi connectivity index (χ1) is 14.0. The third-order valence-corrected chi connectivity index (χ3v) is 4.55. The number of benzene rings is 2. The van der Waals surface area contributed by atoms with E-state index in [4.69, 9.17) is 21.1 Å². The van der Waals surface area contributed by atoms with E-state index in [1.54, 1.807) is 36.3 Å². The summed E-state index contributed by atoms with van der Waals surface area (Å²) in [6, 6.07) is 9.68. The fourth-order valence-electron chi connectivity index (χ4n) is 2.67. The van der Waals surface area contributed by atoms with Crippen LogP contribution in [0.5, 0.6) is 11.5 Å². The number of carbonyl (C=O) groups is 1. The quantitative estimate of drug-likeness (QED) is 0.376. The second-order valence-electron chi connectivity index (χ2n) is 6.22. The van der Waals surface area contributed by atoms with Crippen molar-refractivity contribution in [1.29, 1.82) is 0 Å². The van der Waals surface area contributed by atoms with Gasteiger partial charge in [0.2, 0.25) is 0 Å². The molecule has 0 fully saturated rings. The van der Waals surface area contributed by atoms with Crippen molar-refractivity contribution in [2.45, 2.75) is 20.1 Å². The first-order valence-electron chi connectivity index (χ1n) is 8.99. The van der Waals surface area contributed by atoms with Gasteiger partial charge < -0.3 is 9.47 Å². The Morgan fingerprint density at radius 3 is 2.79 bits per heavy atom. The summed E-state index contributed by atoms with van der Waals surface area (Å²) in [7, 11) is 1.57. The van der Waals surface area contributed by atoms with Crippen molar-refractivity contribution in [3.8, 4) is 11.5 Å². The zero-order valence-corrected chi connectivity index (χ0v) is 16.8. The third kappa shape index (κ3) is 5.23. The van der Waals surface area contributed by atoms with Crippen LogP contribution in [0.4, 0.5) is 4.39 Å². The van der Waals surface area contributed by atoms with Crippen molar-refractivity contribution < 1.29 is 18.7 Å². The van der Waals surface area contributed by atoms with E-state index < -0.39 is 5.82 Å². The molecule has 0 aliphatic carbocycles. The van der Waals surface area contributed by atoms with Crippen LogP contribution in [0.1, 0.15) is 28.4 Å². The van der Waals surface area contributed by atoms with Gasteiger partial charge in [-0.15, -0.1) is 0 Å². The van der Waals surface area contributed by atoms with Gasteiger partial charge in [-0.1, -0.05) is 23.7 Å². The maximum Gasteiger partial charge on any atom is 0.189 e. The lowest BCUT2D eigenvalue weighted by atomic mass is 10.1. The topological polar surface area (TPSA) is 53.4 Å². The maximum absolute atomic E-state index is 13.3. The Hall–Kier alpha value is -3.12. The van der Waals surface area contributed by atoms with E-state index in [0.29, 0.717) is 23.6 Å². The lowest BCUT2D eigenvalue weighted by Crippen LogP contribution is -2.00. The molecule has 3 rings (SSSR count). The van der Waals surface area contributed by atoms with Crippen LogP contribution in [0.25, 0.3) is 6.08 Å². The number of ketones is 1. The lowest BCUT2D eigenvalue weighted by Gasteiger charge is -2.11. The number of halogens is 2. The van der Waals surface area contributed by atoms with Crippen LogP contribution in [0.15, 0.2) is 54.9 Å². The molecule has 0 atom stereocenters. The van der Waals surface area contributed by atoms with Gasteiger partial charge in [0.15, 0.2) is 5.78 Å². The number of methoxy groups -OCH3 is 1. The van der Waals surface area contributed by atoms with E-state index in [9.17, 15) is 9.18 Å². The molecule has 29 heavy (non-hydrogen) atoms. The first-order valence-corrected chi connectivity index (χ1v) is 9.37. The van der Waals surface area contributed by atoms with E-state index in [1.807, 2.05) is 19.1 Å². The van der Waals surface area contributed by atoms with Gasteiger partial charge in [0.25, 0.3) is 0 Å². The van der Waals surface area contributed by atoms with Crippen molar-refractivity contribution >= 4 is 23.5 Å². The molecule has 0 aliphatic heterocycles. The second kappa shape index (κ2) is 9.39. The molecular weight excluding hydrogens is 395 g/mol. The van der Waals surface area contributed by atoms with Crippen molar-refractivity contribution in [2.24, 2.45) is 0 Å². The van der Waals surface area contributed by atoms with Gasteiger partial charge in [-0.3, -0.25) is 9.48 Å². The molecule has 0 radical (unpaired) electrons. The average molecular weight is 415 g/mol. The van der Waals surface area contributed by atoms with Crippen LogP contribution < -0.4 is 9.47 Å². The van der Waals surface area contributed by atoms with E-state index in [0.717, 1.165) is 11.1 Å². The minimum Gasteiger partial charge on any atom is -0.496 e. The van der Waals surface area contributed by atoms with Gasteiger partial charge in [0.1, 0.15) is 23.9 Å². The molecule has 7 heteroatoms. The fraction of sp³-hybridized carbons (Fsp3) is 0.182. The minimum absolute atomic E-state index is 0.00365. The summed E-state index contributed by atoms with van der Waals surface area (Å²) in [5.41, 5.74) is 2.13. The minimum atomic E-state index is -0.502. The van der Waals surface area contributed by atoms with Gasteiger partial charge >= 0.3 is 0 Å². The number of nitrogens with zero attached hydrogens (tertiary/aromatic N) is 2. The number of rotatable bonds is 8. The number of hydrogen-bond acceptors (Lipinski definition) is 4. The van der Waals surface area contributed by atoms with Crippen molar-refractivity contribution in [3.63, 3.8) is 0 Å². The van der Waals surface area contributed by atoms with Gasteiger partial charge in [0, 0.05) is 24.4 Å². The summed E-state index contributed by atoms with van der Waals surface area (Å²) in [6.07, 6.45) is 6.50. The predicted octanol–water partition coefficient (Wildman–Crippen LogP) is 5.18. The molecule has 0 aliphatic rings. The van der Waals surface area contributed by atoms with Crippen LogP contribution in [-0.4, -0.2) is 22.7 Å². The highest BCUT2D eigenvalue weighted by Gasteiger charge is 2.08. The summed E-state index contributed by atoms with van der Waals surface area (Å²) in [6.45, 7) is 2.86. The van der Waals surface area contributed by atoms with Crippen LogP contribution in [0.2, 0.25) is 5.02 Å². The van der Waals surface area contributed by atoms with Crippen LogP contribution in [0, 0.1) is 5.82 Å². The fourth-order valence-corrected chi connectivity index (χ4v) is 2.85. The monoisotopic (exact) mass is 414 g/mol. The molecule has 2 aromatic carbocycles. The van der Waals surface area contributed by atoms with Gasteiger partial charge in [-0.05, 0) is 42.8 Å².